The fourth-order valence-electron chi connectivity index (χ4n) is 5.10. The summed E-state index contributed by atoms with van der Waals surface area (Å²) in [4.78, 5) is 30.8. The van der Waals surface area contributed by atoms with Crippen LogP contribution < -0.4 is 19.8 Å². The number of carbonyl (C=O) groups excluding carboxylic acids is 1. The summed E-state index contributed by atoms with van der Waals surface area (Å²) < 4.78 is 18.3. The molecule has 0 unspecified atom stereocenters. The standard InChI is InChI=1S/C23H25N3O5/c1-29-19-9-16-15(21(30-2)22(19)31-3)8-17(24-16)23(28)25-10-13-7-14(12-25)18-5-4-6-20(27)26(18)11-13/h4-6,8-9,13-14,24H,7,10-12H2,1-3H3/t13-,14+/m0/s1. The molecule has 162 valence electrons. The van der Waals surface area contributed by atoms with Crippen LogP contribution >= 0.6 is 0 Å². The molecular weight excluding hydrogens is 398 g/mol. The van der Waals surface area contributed by atoms with Gasteiger partial charge in [-0.25, -0.2) is 0 Å². The number of hydrogen-bond donors (Lipinski definition) is 1. The number of likely N-dealkylation sites (tertiary alicyclic amines) is 1. The predicted molar refractivity (Wildman–Crippen MR) is 115 cm³/mol. The van der Waals surface area contributed by atoms with Crippen LogP contribution in [-0.4, -0.2) is 54.8 Å². The molecular formula is C23H25N3O5. The highest BCUT2D eigenvalue weighted by molar-refractivity contribution is 6.01. The number of methoxy groups -OCH3 is 3. The Hall–Kier alpha value is -3.42. The van der Waals surface area contributed by atoms with Gasteiger partial charge in [0.2, 0.25) is 5.75 Å². The number of piperidine rings is 1. The Kier molecular flexibility index (Phi) is 4.64. The highest BCUT2D eigenvalue weighted by Gasteiger charge is 2.37. The zero-order valence-electron chi connectivity index (χ0n) is 17.8. The monoisotopic (exact) mass is 423 g/mol. The number of nitrogens with zero attached hydrogens (tertiary/aromatic N) is 2. The minimum absolute atomic E-state index is 0.0394. The summed E-state index contributed by atoms with van der Waals surface area (Å²) in [6.45, 7) is 1.89. The summed E-state index contributed by atoms with van der Waals surface area (Å²) in [7, 11) is 4.69. The molecule has 5 rings (SSSR count). The summed E-state index contributed by atoms with van der Waals surface area (Å²) in [5.74, 6) is 1.93. The third kappa shape index (κ3) is 3.05. The van der Waals surface area contributed by atoms with Gasteiger partial charge in [-0.05, 0) is 24.5 Å². The van der Waals surface area contributed by atoms with E-state index >= 15 is 0 Å². The number of benzene rings is 1. The van der Waals surface area contributed by atoms with Gasteiger partial charge in [0.25, 0.3) is 11.5 Å². The molecule has 1 N–H and O–H groups in total. The topological polar surface area (TPSA) is 85.8 Å². The number of nitrogens with one attached hydrogen (secondary N) is 1. The van der Waals surface area contributed by atoms with Crippen molar-refractivity contribution in [3.63, 3.8) is 0 Å². The van der Waals surface area contributed by atoms with Crippen molar-refractivity contribution in [2.45, 2.75) is 18.9 Å². The number of H-pyrrole nitrogens is 1. The largest absolute Gasteiger partial charge is 0.493 e. The minimum Gasteiger partial charge on any atom is -0.493 e. The molecule has 4 heterocycles. The van der Waals surface area contributed by atoms with E-state index in [1.165, 1.54) is 0 Å². The molecule has 1 saturated heterocycles. The number of hydrogen-bond acceptors (Lipinski definition) is 5. The number of fused-ring (bicyclic) bond motifs is 5. The van der Waals surface area contributed by atoms with Gasteiger partial charge in [-0.2, -0.15) is 0 Å². The lowest BCUT2D eigenvalue weighted by Crippen LogP contribution is -2.49. The number of aromatic amines is 1. The van der Waals surface area contributed by atoms with Gasteiger partial charge in [0.05, 0.1) is 26.8 Å². The van der Waals surface area contributed by atoms with Gasteiger partial charge in [0.1, 0.15) is 5.69 Å². The number of rotatable bonds is 4. The average Bonchev–Trinajstić information content (AvgIpc) is 3.21. The maximum atomic E-state index is 13.4. The van der Waals surface area contributed by atoms with Crippen molar-refractivity contribution in [1.82, 2.24) is 14.5 Å². The van der Waals surface area contributed by atoms with Crippen molar-refractivity contribution >= 4 is 16.8 Å². The lowest BCUT2D eigenvalue weighted by molar-refractivity contribution is 0.0589. The Labute approximate surface area is 179 Å². The van der Waals surface area contributed by atoms with Crippen molar-refractivity contribution in [3.05, 3.63) is 52.1 Å². The second-order valence-corrected chi connectivity index (χ2v) is 8.20. The zero-order valence-corrected chi connectivity index (χ0v) is 17.8. The molecule has 2 atom stereocenters. The number of amides is 1. The van der Waals surface area contributed by atoms with Crippen LogP contribution in [0.3, 0.4) is 0 Å². The predicted octanol–water partition coefficient (Wildman–Crippen LogP) is 2.61. The number of aromatic nitrogens is 2. The van der Waals surface area contributed by atoms with E-state index in [1.807, 2.05) is 15.5 Å². The lowest BCUT2D eigenvalue weighted by atomic mass is 9.83. The molecule has 31 heavy (non-hydrogen) atoms. The fourth-order valence-corrected chi connectivity index (χ4v) is 5.10. The molecule has 2 aromatic heterocycles. The van der Waals surface area contributed by atoms with E-state index < -0.39 is 0 Å². The maximum absolute atomic E-state index is 13.4. The average molecular weight is 423 g/mol. The molecule has 1 aromatic carbocycles. The van der Waals surface area contributed by atoms with Crippen LogP contribution in [0.5, 0.6) is 17.2 Å². The molecule has 0 radical (unpaired) electrons. The Balaban J connectivity index is 1.49. The minimum atomic E-state index is -0.0578. The molecule has 3 aromatic rings. The third-order valence-electron chi connectivity index (χ3n) is 6.42. The molecule has 2 aliphatic rings. The van der Waals surface area contributed by atoms with Crippen LogP contribution in [0.15, 0.2) is 35.1 Å². The van der Waals surface area contributed by atoms with Crippen LogP contribution in [0.25, 0.3) is 10.9 Å². The SMILES string of the molecule is COc1cc2[nH]c(C(=O)N3C[C@@H]4C[C@H](C3)c3cccc(=O)n3C4)cc2c(OC)c1OC. The highest BCUT2D eigenvalue weighted by Crippen LogP contribution is 2.44. The normalized spacial score (nSPS) is 19.8. The highest BCUT2D eigenvalue weighted by atomic mass is 16.5. The van der Waals surface area contributed by atoms with Gasteiger partial charge < -0.3 is 28.7 Å². The van der Waals surface area contributed by atoms with Gasteiger partial charge >= 0.3 is 0 Å². The van der Waals surface area contributed by atoms with Crippen molar-refractivity contribution in [1.29, 1.82) is 0 Å². The first-order valence-corrected chi connectivity index (χ1v) is 10.3. The molecule has 8 nitrogen and oxygen atoms in total. The van der Waals surface area contributed by atoms with Gasteiger partial charge in [-0.1, -0.05) is 6.07 Å². The Morgan fingerprint density at radius 1 is 1.03 bits per heavy atom. The van der Waals surface area contributed by atoms with Crippen molar-refractivity contribution in [3.8, 4) is 17.2 Å². The summed E-state index contributed by atoms with van der Waals surface area (Å²) in [5, 5.41) is 0.762. The van der Waals surface area contributed by atoms with Crippen molar-refractivity contribution in [2.75, 3.05) is 34.4 Å². The molecule has 1 fully saturated rings. The van der Waals surface area contributed by atoms with Gasteiger partial charge in [-0.3, -0.25) is 9.59 Å². The Bertz CT molecular complexity index is 1230. The first kappa shape index (κ1) is 19.5. The Morgan fingerprint density at radius 2 is 1.84 bits per heavy atom. The smallest absolute Gasteiger partial charge is 0.270 e. The summed E-state index contributed by atoms with van der Waals surface area (Å²) in [5.41, 5.74) is 2.30. The van der Waals surface area contributed by atoms with E-state index in [1.54, 1.807) is 45.6 Å². The van der Waals surface area contributed by atoms with E-state index in [9.17, 15) is 9.59 Å². The molecule has 0 spiro atoms. The molecule has 2 aliphatic heterocycles. The fraction of sp³-hybridized carbons (Fsp3) is 0.391. The molecule has 0 aliphatic carbocycles. The zero-order chi connectivity index (χ0) is 21.7. The molecule has 1 amide bonds. The van der Waals surface area contributed by atoms with Gasteiger partial charge in [0.15, 0.2) is 11.5 Å². The van der Waals surface area contributed by atoms with Crippen molar-refractivity contribution < 1.29 is 19.0 Å². The van der Waals surface area contributed by atoms with E-state index in [2.05, 4.69) is 4.98 Å². The lowest BCUT2D eigenvalue weighted by Gasteiger charge is -2.42. The summed E-state index contributed by atoms with van der Waals surface area (Å²) in [6.07, 6.45) is 1.00. The summed E-state index contributed by atoms with van der Waals surface area (Å²) >= 11 is 0. The first-order valence-electron chi connectivity index (χ1n) is 10.3. The van der Waals surface area contributed by atoms with Gasteiger partial charge in [0, 0.05) is 48.8 Å². The summed E-state index contributed by atoms with van der Waals surface area (Å²) in [6, 6.07) is 9.03. The van der Waals surface area contributed by atoms with E-state index in [0.717, 1.165) is 23.0 Å². The Morgan fingerprint density at radius 3 is 2.58 bits per heavy atom. The third-order valence-corrected chi connectivity index (χ3v) is 6.42. The van der Waals surface area contributed by atoms with Crippen molar-refractivity contribution in [2.24, 2.45) is 5.92 Å². The number of pyridine rings is 1. The number of ether oxygens (including phenoxy) is 3. The quantitative estimate of drug-likeness (QED) is 0.697. The van der Waals surface area contributed by atoms with Crippen LogP contribution in [0.1, 0.15) is 28.5 Å². The van der Waals surface area contributed by atoms with Crippen LogP contribution in [0.2, 0.25) is 0 Å². The first-order chi connectivity index (χ1) is 15.0. The second kappa shape index (κ2) is 7.37. The van der Waals surface area contributed by atoms with Crippen LogP contribution in [0.4, 0.5) is 0 Å². The van der Waals surface area contributed by atoms with Crippen LogP contribution in [0, 0.1) is 5.92 Å². The molecule has 0 saturated carbocycles. The maximum Gasteiger partial charge on any atom is 0.270 e. The number of carbonyl (C=O) groups is 1. The van der Waals surface area contributed by atoms with E-state index in [0.29, 0.717) is 42.6 Å². The molecule has 2 bridgehead atoms. The van der Waals surface area contributed by atoms with Crippen LogP contribution in [-0.2, 0) is 6.54 Å². The van der Waals surface area contributed by atoms with E-state index in [-0.39, 0.29) is 23.3 Å². The van der Waals surface area contributed by atoms with E-state index in [4.69, 9.17) is 14.2 Å². The second-order valence-electron chi connectivity index (χ2n) is 8.20. The molecule has 8 heteroatoms. The van der Waals surface area contributed by atoms with Gasteiger partial charge in [-0.15, -0.1) is 0 Å².